The number of hydrogen-bond acceptors (Lipinski definition) is 1. The van der Waals surface area contributed by atoms with E-state index in [9.17, 15) is 4.79 Å². The van der Waals surface area contributed by atoms with Gasteiger partial charge in [-0.2, -0.15) is 0 Å². The highest BCUT2D eigenvalue weighted by molar-refractivity contribution is 6.29. The lowest BCUT2D eigenvalue weighted by Gasteiger charge is -2.26. The van der Waals surface area contributed by atoms with E-state index >= 15 is 0 Å². The zero-order chi connectivity index (χ0) is 12.4. The molecule has 1 atom stereocenters. The summed E-state index contributed by atoms with van der Waals surface area (Å²) in [5.41, 5.74) is -0.0154. The molecule has 0 aromatic rings. The Balaban J connectivity index is 2.80. The quantitative estimate of drug-likeness (QED) is 0.642. The third-order valence-electron chi connectivity index (χ3n) is 3.73. The Hall–Kier alpha value is -0.300. The number of carbonyl (C=O) groups is 1. The van der Waals surface area contributed by atoms with Gasteiger partial charge in [0.1, 0.15) is 5.78 Å². The van der Waals surface area contributed by atoms with E-state index in [1.807, 2.05) is 13.0 Å². The van der Waals surface area contributed by atoms with Gasteiger partial charge in [0.2, 0.25) is 0 Å². The lowest BCUT2D eigenvalue weighted by molar-refractivity contribution is -0.129. The first kappa shape index (κ1) is 13.8. The SMILES string of the molecule is C/C(Cl)=C/CC1(C)CCCC(C)(C)CC1=O. The number of halogens is 1. The number of Topliss-reactive ketones (excluding diaryl/α,β-unsaturated/α-hetero) is 1. The van der Waals surface area contributed by atoms with Crippen molar-refractivity contribution in [2.24, 2.45) is 10.8 Å². The van der Waals surface area contributed by atoms with Gasteiger partial charge in [0.05, 0.1) is 0 Å². The molecule has 1 rings (SSSR count). The van der Waals surface area contributed by atoms with E-state index in [4.69, 9.17) is 11.6 Å². The first-order valence-electron chi connectivity index (χ1n) is 6.11. The van der Waals surface area contributed by atoms with E-state index in [1.54, 1.807) is 0 Å². The molecule has 1 aliphatic rings. The molecule has 0 N–H and O–H groups in total. The summed E-state index contributed by atoms with van der Waals surface area (Å²) in [7, 11) is 0. The molecule has 0 spiro atoms. The Labute approximate surface area is 104 Å². The van der Waals surface area contributed by atoms with E-state index in [1.165, 1.54) is 0 Å². The largest absolute Gasteiger partial charge is 0.299 e. The second-order valence-electron chi connectivity index (χ2n) is 6.17. The average Bonchev–Trinajstić information content (AvgIpc) is 2.22. The monoisotopic (exact) mass is 242 g/mol. The van der Waals surface area contributed by atoms with Crippen LogP contribution in [0.15, 0.2) is 11.1 Å². The topological polar surface area (TPSA) is 17.1 Å². The van der Waals surface area contributed by atoms with Gasteiger partial charge in [0.15, 0.2) is 0 Å². The average molecular weight is 243 g/mol. The van der Waals surface area contributed by atoms with Crippen LogP contribution in [-0.4, -0.2) is 5.78 Å². The van der Waals surface area contributed by atoms with Crippen molar-refractivity contribution < 1.29 is 4.79 Å². The molecular weight excluding hydrogens is 220 g/mol. The minimum atomic E-state index is -0.191. The van der Waals surface area contributed by atoms with Gasteiger partial charge in [-0.25, -0.2) is 0 Å². The fourth-order valence-corrected chi connectivity index (χ4v) is 2.49. The van der Waals surface area contributed by atoms with Crippen LogP contribution in [0.5, 0.6) is 0 Å². The number of allylic oxidation sites excluding steroid dienone is 2. The molecule has 0 radical (unpaired) electrons. The number of hydrogen-bond donors (Lipinski definition) is 0. The first-order valence-corrected chi connectivity index (χ1v) is 6.49. The molecule has 0 aliphatic heterocycles. The molecule has 1 aliphatic carbocycles. The Morgan fingerprint density at radius 2 is 2.00 bits per heavy atom. The standard InChI is InChI=1S/C14H23ClO/c1-11(15)6-9-14(4)8-5-7-13(2,3)10-12(14)16/h6H,5,7-10H2,1-4H3/b11-6-. The molecule has 0 saturated heterocycles. The highest BCUT2D eigenvalue weighted by Gasteiger charge is 2.38. The second kappa shape index (κ2) is 4.91. The lowest BCUT2D eigenvalue weighted by Crippen LogP contribution is -2.28. The fourth-order valence-electron chi connectivity index (χ4n) is 2.41. The highest BCUT2D eigenvalue weighted by atomic mass is 35.5. The van der Waals surface area contributed by atoms with Gasteiger partial charge >= 0.3 is 0 Å². The minimum absolute atomic E-state index is 0.175. The number of rotatable bonds is 2. The van der Waals surface area contributed by atoms with Crippen molar-refractivity contribution in [1.82, 2.24) is 0 Å². The van der Waals surface area contributed by atoms with Crippen LogP contribution >= 0.6 is 11.6 Å². The summed E-state index contributed by atoms with van der Waals surface area (Å²) in [4.78, 5) is 12.3. The summed E-state index contributed by atoms with van der Waals surface area (Å²) >= 11 is 5.85. The second-order valence-corrected chi connectivity index (χ2v) is 6.77. The maximum atomic E-state index is 12.3. The highest BCUT2D eigenvalue weighted by Crippen LogP contribution is 2.42. The van der Waals surface area contributed by atoms with Crippen LogP contribution in [0.1, 0.15) is 59.8 Å². The van der Waals surface area contributed by atoms with Crippen LogP contribution in [0.4, 0.5) is 0 Å². The predicted octanol–water partition coefficient (Wildman–Crippen LogP) is 4.69. The van der Waals surface area contributed by atoms with Crippen LogP contribution in [0, 0.1) is 10.8 Å². The predicted molar refractivity (Wildman–Crippen MR) is 69.6 cm³/mol. The van der Waals surface area contributed by atoms with Crippen molar-refractivity contribution in [3.63, 3.8) is 0 Å². The van der Waals surface area contributed by atoms with E-state index in [0.717, 1.165) is 30.7 Å². The molecular formula is C14H23ClO. The third-order valence-corrected chi connectivity index (χ3v) is 3.88. The number of ketones is 1. The third kappa shape index (κ3) is 3.62. The van der Waals surface area contributed by atoms with Gasteiger partial charge < -0.3 is 0 Å². The van der Waals surface area contributed by atoms with Crippen molar-refractivity contribution in [2.75, 3.05) is 0 Å². The molecule has 2 heteroatoms. The van der Waals surface area contributed by atoms with E-state index in [-0.39, 0.29) is 10.8 Å². The van der Waals surface area contributed by atoms with Crippen LogP contribution in [0.2, 0.25) is 0 Å². The maximum absolute atomic E-state index is 12.3. The Morgan fingerprint density at radius 1 is 1.38 bits per heavy atom. The van der Waals surface area contributed by atoms with Crippen molar-refractivity contribution in [1.29, 1.82) is 0 Å². The Morgan fingerprint density at radius 3 is 2.56 bits per heavy atom. The summed E-state index contributed by atoms with van der Waals surface area (Å²) in [6.45, 7) is 8.35. The van der Waals surface area contributed by atoms with Crippen molar-refractivity contribution in [2.45, 2.75) is 59.8 Å². The Kier molecular flexibility index (Phi) is 4.23. The normalized spacial score (nSPS) is 31.3. The van der Waals surface area contributed by atoms with Gasteiger partial charge in [-0.3, -0.25) is 4.79 Å². The maximum Gasteiger partial charge on any atom is 0.139 e. The van der Waals surface area contributed by atoms with Crippen LogP contribution in [0.3, 0.4) is 0 Å². The molecule has 1 fully saturated rings. The molecule has 16 heavy (non-hydrogen) atoms. The summed E-state index contributed by atoms with van der Waals surface area (Å²) in [6, 6.07) is 0. The van der Waals surface area contributed by atoms with E-state index in [2.05, 4.69) is 20.8 Å². The minimum Gasteiger partial charge on any atom is -0.299 e. The van der Waals surface area contributed by atoms with Gasteiger partial charge in [0, 0.05) is 16.9 Å². The molecule has 0 bridgehead atoms. The van der Waals surface area contributed by atoms with Crippen LogP contribution in [0.25, 0.3) is 0 Å². The van der Waals surface area contributed by atoms with Gasteiger partial charge in [0.25, 0.3) is 0 Å². The fraction of sp³-hybridized carbons (Fsp3) is 0.786. The van der Waals surface area contributed by atoms with Crippen LogP contribution in [-0.2, 0) is 4.79 Å². The van der Waals surface area contributed by atoms with Crippen molar-refractivity contribution in [3.05, 3.63) is 11.1 Å². The summed E-state index contributed by atoms with van der Waals surface area (Å²) in [5, 5.41) is 0.789. The van der Waals surface area contributed by atoms with Gasteiger partial charge in [-0.1, -0.05) is 44.9 Å². The molecule has 0 aromatic carbocycles. The summed E-state index contributed by atoms with van der Waals surface area (Å²) in [6.07, 6.45) is 6.77. The van der Waals surface area contributed by atoms with Crippen molar-refractivity contribution in [3.8, 4) is 0 Å². The van der Waals surface area contributed by atoms with E-state index < -0.39 is 0 Å². The molecule has 92 valence electrons. The molecule has 0 heterocycles. The summed E-state index contributed by atoms with van der Waals surface area (Å²) < 4.78 is 0. The smallest absolute Gasteiger partial charge is 0.139 e. The van der Waals surface area contributed by atoms with Gasteiger partial charge in [-0.15, -0.1) is 0 Å². The Bertz CT molecular complexity index is 300. The molecule has 0 amide bonds. The van der Waals surface area contributed by atoms with Gasteiger partial charge in [-0.05, 0) is 31.6 Å². The zero-order valence-electron chi connectivity index (χ0n) is 10.9. The molecule has 1 nitrogen and oxygen atoms in total. The number of carbonyl (C=O) groups excluding carboxylic acids is 1. The molecule has 0 aromatic heterocycles. The molecule has 1 unspecified atom stereocenters. The zero-order valence-corrected chi connectivity index (χ0v) is 11.7. The summed E-state index contributed by atoms with van der Waals surface area (Å²) in [5.74, 6) is 0.407. The van der Waals surface area contributed by atoms with Crippen LogP contribution < -0.4 is 0 Å². The van der Waals surface area contributed by atoms with Crippen molar-refractivity contribution >= 4 is 17.4 Å². The first-order chi connectivity index (χ1) is 7.25. The van der Waals surface area contributed by atoms with E-state index in [0.29, 0.717) is 12.2 Å². The molecule has 1 saturated carbocycles. The lowest BCUT2D eigenvalue weighted by atomic mass is 9.76.